The van der Waals surface area contributed by atoms with Crippen molar-refractivity contribution in [1.29, 1.82) is 0 Å². The van der Waals surface area contributed by atoms with E-state index in [4.69, 9.17) is 11.8 Å². The molecule has 0 amide bonds. The van der Waals surface area contributed by atoms with Crippen molar-refractivity contribution in [2.75, 3.05) is 0 Å². The van der Waals surface area contributed by atoms with Crippen LogP contribution in [0, 0.1) is 0 Å². The summed E-state index contributed by atoms with van der Waals surface area (Å²) in [5, 5.41) is 2.04. The van der Waals surface area contributed by atoms with Crippen LogP contribution < -0.4 is 5.30 Å². The fourth-order valence-electron chi connectivity index (χ4n) is 1.46. The van der Waals surface area contributed by atoms with Gasteiger partial charge in [-0.15, -0.1) is 0 Å². The number of hydrogen-bond acceptors (Lipinski definition) is 2. The van der Waals surface area contributed by atoms with Crippen LogP contribution in [-0.4, -0.2) is 25.5 Å². The molecule has 1 aromatic rings. The van der Waals surface area contributed by atoms with Crippen molar-refractivity contribution in [3.8, 4) is 0 Å². The summed E-state index contributed by atoms with van der Waals surface area (Å²) < 4.78 is -1.63. The van der Waals surface area contributed by atoms with E-state index in [2.05, 4.69) is 32.9 Å². The molecule has 0 heterocycles. The summed E-state index contributed by atoms with van der Waals surface area (Å²) in [7, 11) is 0. The van der Waals surface area contributed by atoms with E-state index in [-0.39, 0.29) is 25.5 Å². The van der Waals surface area contributed by atoms with E-state index in [0.29, 0.717) is 5.32 Å². The number of benzene rings is 1. The molecule has 0 aromatic heterocycles. The minimum absolute atomic E-state index is 0.0964. The van der Waals surface area contributed by atoms with E-state index in [1.807, 2.05) is 18.2 Å². The summed E-state index contributed by atoms with van der Waals surface area (Å²) >= 11 is 6.23. The Balaban J connectivity index is 3.12. The summed E-state index contributed by atoms with van der Waals surface area (Å²) in [6.45, 7) is 8.29. The van der Waals surface area contributed by atoms with Crippen molar-refractivity contribution >= 4 is 42.1 Å². The molecule has 1 nitrogen and oxygen atoms in total. The van der Waals surface area contributed by atoms with Crippen molar-refractivity contribution in [2.24, 2.45) is 0 Å². The van der Waals surface area contributed by atoms with E-state index in [1.54, 1.807) is 6.92 Å². The second-order valence-electron chi connectivity index (χ2n) is 5.03. The Morgan fingerprint density at radius 2 is 1.82 bits per heavy atom. The maximum atomic E-state index is 11.2. The summed E-state index contributed by atoms with van der Waals surface area (Å²) in [5.74, 6) is 0.263. The summed E-state index contributed by atoms with van der Waals surface area (Å²) in [4.78, 5) is 11.2. The van der Waals surface area contributed by atoms with Crippen molar-refractivity contribution in [1.82, 2.24) is 0 Å². The van der Waals surface area contributed by atoms with Crippen LogP contribution in [0.3, 0.4) is 0 Å². The molecule has 0 saturated carbocycles. The van der Waals surface area contributed by atoms with Crippen LogP contribution in [-0.2, 0) is 16.6 Å². The quantitative estimate of drug-likeness (QED) is 0.622. The Morgan fingerprint density at radius 1 is 1.29 bits per heavy atom. The van der Waals surface area contributed by atoms with Crippen molar-refractivity contribution in [3.05, 3.63) is 30.3 Å². The second kappa shape index (κ2) is 5.80. The number of ketones is 1. The SMILES string of the molecule is CC(=O)C[Se]P(=S)(c1ccccc1)C(C)(C)C. The van der Waals surface area contributed by atoms with Gasteiger partial charge in [0.05, 0.1) is 0 Å². The first-order valence-electron chi connectivity index (χ1n) is 5.57. The van der Waals surface area contributed by atoms with Gasteiger partial charge in [0.25, 0.3) is 0 Å². The van der Waals surface area contributed by atoms with Gasteiger partial charge in [-0.3, -0.25) is 0 Å². The van der Waals surface area contributed by atoms with Crippen LogP contribution in [0.4, 0.5) is 0 Å². The monoisotopic (exact) mass is 334 g/mol. The van der Waals surface area contributed by atoms with Crippen LogP contribution in [0.1, 0.15) is 27.7 Å². The molecule has 1 aromatic carbocycles. The maximum absolute atomic E-state index is 11.2. The zero-order chi connectivity index (χ0) is 13.1. The summed E-state index contributed by atoms with van der Waals surface area (Å²) in [6.07, 6.45) is 0. The van der Waals surface area contributed by atoms with Crippen LogP contribution in [0.2, 0.25) is 5.32 Å². The van der Waals surface area contributed by atoms with E-state index in [0.717, 1.165) is 0 Å². The molecule has 4 heteroatoms. The molecule has 1 rings (SSSR count). The van der Waals surface area contributed by atoms with Crippen LogP contribution >= 0.6 is 4.73 Å². The minimum atomic E-state index is -1.63. The zero-order valence-electron chi connectivity index (χ0n) is 10.8. The summed E-state index contributed by atoms with van der Waals surface area (Å²) in [6, 6.07) is 10.4. The standard InChI is InChI=1S/C13H19OPSSe/c1-11(14)10-17-15(16,13(2,3)4)12-8-6-5-7-9-12/h5-9H,10H2,1-4H3. The third kappa shape index (κ3) is 3.76. The van der Waals surface area contributed by atoms with E-state index < -0.39 is 4.73 Å². The van der Waals surface area contributed by atoms with Gasteiger partial charge in [-0.05, 0) is 0 Å². The molecule has 0 aliphatic carbocycles. The topological polar surface area (TPSA) is 17.1 Å². The molecule has 0 N–H and O–H groups in total. The number of Topliss-reactive ketones (excluding diaryl/α,β-unsaturated/α-hetero) is 1. The number of carbonyl (C=O) groups is 1. The van der Waals surface area contributed by atoms with E-state index in [9.17, 15) is 4.79 Å². The average Bonchev–Trinajstić information content (AvgIpc) is 2.25. The molecular formula is C13H19OPSSe. The van der Waals surface area contributed by atoms with Gasteiger partial charge < -0.3 is 0 Å². The van der Waals surface area contributed by atoms with E-state index in [1.165, 1.54) is 5.30 Å². The average molecular weight is 333 g/mol. The molecule has 94 valence electrons. The van der Waals surface area contributed by atoms with Crippen molar-refractivity contribution in [2.45, 2.75) is 38.2 Å². The first kappa shape index (κ1) is 15.1. The predicted octanol–water partition coefficient (Wildman–Crippen LogP) is 3.22. The predicted molar refractivity (Wildman–Crippen MR) is 81.4 cm³/mol. The molecule has 17 heavy (non-hydrogen) atoms. The fraction of sp³-hybridized carbons (Fsp3) is 0.462. The molecule has 0 radical (unpaired) electrons. The third-order valence-electron chi connectivity index (χ3n) is 2.43. The molecule has 0 aliphatic rings. The molecule has 0 saturated heterocycles. The first-order chi connectivity index (χ1) is 7.77. The number of hydrogen-bond donors (Lipinski definition) is 0. The van der Waals surface area contributed by atoms with Gasteiger partial charge in [-0.2, -0.15) is 0 Å². The molecule has 0 aliphatic heterocycles. The molecular weight excluding hydrogens is 314 g/mol. The molecule has 0 spiro atoms. The second-order valence-corrected chi connectivity index (χ2v) is 17.1. The normalized spacial score (nSPS) is 15.3. The number of rotatable bonds is 4. The Labute approximate surface area is 115 Å². The van der Waals surface area contributed by atoms with Gasteiger partial charge in [0.1, 0.15) is 0 Å². The molecule has 1 atom stereocenters. The van der Waals surface area contributed by atoms with Gasteiger partial charge in [-0.25, -0.2) is 0 Å². The van der Waals surface area contributed by atoms with Gasteiger partial charge in [-0.1, -0.05) is 0 Å². The Morgan fingerprint density at radius 3 is 2.24 bits per heavy atom. The first-order valence-corrected chi connectivity index (χ1v) is 11.8. The van der Waals surface area contributed by atoms with Crippen LogP contribution in [0.5, 0.6) is 0 Å². The van der Waals surface area contributed by atoms with Gasteiger partial charge in [0, 0.05) is 0 Å². The zero-order valence-corrected chi connectivity index (χ0v) is 14.2. The summed E-state index contributed by atoms with van der Waals surface area (Å²) in [5.41, 5.74) is 0. The van der Waals surface area contributed by atoms with Crippen LogP contribution in [0.15, 0.2) is 30.3 Å². The molecule has 0 bridgehead atoms. The van der Waals surface area contributed by atoms with Gasteiger partial charge in [0.15, 0.2) is 0 Å². The number of carbonyl (C=O) groups excluding carboxylic acids is 1. The van der Waals surface area contributed by atoms with Crippen LogP contribution in [0.25, 0.3) is 0 Å². The molecule has 1 unspecified atom stereocenters. The van der Waals surface area contributed by atoms with Crippen molar-refractivity contribution in [3.63, 3.8) is 0 Å². The Bertz CT molecular complexity index is 436. The van der Waals surface area contributed by atoms with Gasteiger partial charge in [0.2, 0.25) is 0 Å². The third-order valence-corrected chi connectivity index (χ3v) is 18.3. The fourth-order valence-corrected chi connectivity index (χ4v) is 11.3. The van der Waals surface area contributed by atoms with E-state index >= 15 is 0 Å². The Hall–Kier alpha value is 0.0595. The molecule has 0 fully saturated rings. The Kier molecular flexibility index (Phi) is 5.16. The van der Waals surface area contributed by atoms with Crippen molar-refractivity contribution < 1.29 is 4.79 Å². The van der Waals surface area contributed by atoms with Gasteiger partial charge >= 0.3 is 115 Å².